The summed E-state index contributed by atoms with van der Waals surface area (Å²) in [7, 11) is -7.73. The van der Waals surface area contributed by atoms with Crippen molar-refractivity contribution >= 4 is 49.5 Å². The number of hydrogen-bond donors (Lipinski definition) is 6. The molecule has 14 nitrogen and oxygen atoms in total. The Balaban J connectivity index is 0.000000556. The fourth-order valence-electron chi connectivity index (χ4n) is 5.92. The number of nitrogens with zero attached hydrogens (tertiary/aromatic N) is 1. The van der Waals surface area contributed by atoms with Gasteiger partial charge in [-0.25, -0.2) is 4.79 Å². The smallest absolute Gasteiger partial charge is 0.394 e. The van der Waals surface area contributed by atoms with Gasteiger partial charge in [-0.05, 0) is 80.9 Å². The number of anilines is 4. The number of hydrogen-bond acceptors (Lipinski definition) is 10. The van der Waals surface area contributed by atoms with Crippen molar-refractivity contribution in [2.24, 2.45) is 0 Å². The van der Waals surface area contributed by atoms with Crippen LogP contribution in [0, 0.1) is 13.8 Å². The van der Waals surface area contributed by atoms with Crippen molar-refractivity contribution in [1.82, 2.24) is 0 Å². The molecule has 1 heterocycles. The minimum atomic E-state index is -4.67. The SMILES string of the molecule is CCN(c1ccc(C)cc1)c1ccc(C2(c3cc(Nc4ccccc4)c(C)cc3OC)OC(=O)c3ccccc32)c(O)c1.O=S(=O)(O)O.O=S(=O)(O)O. The number of fused-ring (bicyclic) bond motifs is 1. The van der Waals surface area contributed by atoms with E-state index in [1.54, 1.807) is 19.2 Å². The molecule has 0 saturated carbocycles. The fourth-order valence-corrected chi connectivity index (χ4v) is 5.92. The van der Waals surface area contributed by atoms with Crippen molar-refractivity contribution in [3.63, 3.8) is 0 Å². The molecule has 1 aliphatic heterocycles. The van der Waals surface area contributed by atoms with Gasteiger partial charge in [0.15, 0.2) is 5.60 Å². The Hall–Kier alpha value is -5.49. The molecule has 1 unspecified atom stereocenters. The van der Waals surface area contributed by atoms with Gasteiger partial charge < -0.3 is 24.8 Å². The maximum absolute atomic E-state index is 13.4. The molecule has 0 aromatic heterocycles. The zero-order chi connectivity index (χ0) is 39.1. The van der Waals surface area contributed by atoms with E-state index in [4.69, 9.17) is 44.5 Å². The standard InChI is InChI=1S/C37H34N2O4.2H2O4S/c1-5-39(27-17-15-24(2)16-18-27)28-19-20-31(34(40)22-28)37(30-14-10-9-13-29(30)36(41)43-37)32-23-33(25(3)21-35(32)42-4)38-26-11-7-6-8-12-26;2*1-5(2,3)4/h6-23,38,40H,5H2,1-4H3;2*(H2,1,2,3,4). The summed E-state index contributed by atoms with van der Waals surface area (Å²) in [6, 6.07) is 34.9. The van der Waals surface area contributed by atoms with E-state index in [2.05, 4.69) is 48.3 Å². The van der Waals surface area contributed by atoms with Gasteiger partial charge in [0, 0.05) is 52.1 Å². The van der Waals surface area contributed by atoms with Gasteiger partial charge in [-0.1, -0.05) is 54.1 Å². The van der Waals surface area contributed by atoms with Gasteiger partial charge in [-0.2, -0.15) is 16.8 Å². The molecular formula is C37H38N2O12S2. The lowest BCUT2D eigenvalue weighted by atomic mass is 9.78. The van der Waals surface area contributed by atoms with Crippen molar-refractivity contribution in [3.8, 4) is 11.5 Å². The molecule has 0 fully saturated rings. The number of phenols is 1. The Morgan fingerprint density at radius 2 is 1.30 bits per heavy atom. The molecule has 16 heteroatoms. The molecule has 0 amide bonds. The topological polar surface area (TPSA) is 220 Å². The molecule has 1 aliphatic rings. The molecule has 0 aliphatic carbocycles. The van der Waals surface area contributed by atoms with Crippen LogP contribution in [0.5, 0.6) is 11.5 Å². The van der Waals surface area contributed by atoms with Gasteiger partial charge in [0.25, 0.3) is 0 Å². The van der Waals surface area contributed by atoms with Gasteiger partial charge in [0.1, 0.15) is 11.5 Å². The Morgan fingerprint density at radius 3 is 1.87 bits per heavy atom. The fraction of sp³-hybridized carbons (Fsp3) is 0.162. The van der Waals surface area contributed by atoms with Crippen molar-refractivity contribution < 1.29 is 54.4 Å². The van der Waals surface area contributed by atoms with Crippen LogP contribution in [0.4, 0.5) is 22.7 Å². The lowest BCUT2D eigenvalue weighted by Gasteiger charge is -2.33. The highest BCUT2D eigenvalue weighted by Crippen LogP contribution is 2.53. The predicted molar refractivity (Wildman–Crippen MR) is 200 cm³/mol. The van der Waals surface area contributed by atoms with Crippen molar-refractivity contribution in [2.75, 3.05) is 23.9 Å². The van der Waals surface area contributed by atoms with Crippen LogP contribution < -0.4 is 15.0 Å². The van der Waals surface area contributed by atoms with E-state index in [1.807, 2.05) is 79.7 Å². The quantitative estimate of drug-likeness (QED) is 0.0687. The number of nitrogens with one attached hydrogen (secondary N) is 1. The minimum Gasteiger partial charge on any atom is -0.507 e. The zero-order valence-corrected chi connectivity index (χ0v) is 30.6. The van der Waals surface area contributed by atoms with Crippen LogP contribution in [0.3, 0.4) is 0 Å². The number of phenolic OH excluding ortho intramolecular Hbond substituents is 1. The van der Waals surface area contributed by atoms with E-state index >= 15 is 0 Å². The number of esters is 1. The highest BCUT2D eigenvalue weighted by Gasteiger charge is 2.51. The Kier molecular flexibility index (Phi) is 12.5. The normalized spacial score (nSPS) is 14.8. The summed E-state index contributed by atoms with van der Waals surface area (Å²) in [6.07, 6.45) is 0. The van der Waals surface area contributed by atoms with Crippen LogP contribution in [-0.4, -0.2) is 59.8 Å². The van der Waals surface area contributed by atoms with Gasteiger partial charge in [0.05, 0.1) is 12.7 Å². The number of carbonyl (C=O) groups is 1. The maximum Gasteiger partial charge on any atom is 0.394 e. The van der Waals surface area contributed by atoms with Gasteiger partial charge in [-0.3, -0.25) is 18.2 Å². The second kappa shape index (κ2) is 16.5. The number of ether oxygens (including phenoxy) is 2. The van der Waals surface area contributed by atoms with Gasteiger partial charge >= 0.3 is 26.8 Å². The van der Waals surface area contributed by atoms with E-state index in [1.165, 1.54) is 5.56 Å². The number of aryl methyl sites for hydroxylation is 2. The van der Waals surface area contributed by atoms with Crippen LogP contribution in [0.25, 0.3) is 0 Å². The van der Waals surface area contributed by atoms with Crippen molar-refractivity contribution in [1.29, 1.82) is 0 Å². The predicted octanol–water partition coefficient (Wildman–Crippen LogP) is 7.08. The Morgan fingerprint density at radius 1 is 0.736 bits per heavy atom. The maximum atomic E-state index is 13.4. The lowest BCUT2D eigenvalue weighted by molar-refractivity contribution is 0.0239. The molecular weight excluding hydrogens is 729 g/mol. The van der Waals surface area contributed by atoms with Crippen LogP contribution in [-0.2, 0) is 31.1 Å². The molecule has 6 rings (SSSR count). The summed E-state index contributed by atoms with van der Waals surface area (Å²) in [5.74, 6) is 0.0841. The largest absolute Gasteiger partial charge is 0.507 e. The second-order valence-electron chi connectivity index (χ2n) is 11.7. The zero-order valence-electron chi connectivity index (χ0n) is 29.0. The van der Waals surface area contributed by atoms with E-state index in [-0.39, 0.29) is 5.75 Å². The molecule has 53 heavy (non-hydrogen) atoms. The molecule has 5 aromatic carbocycles. The summed E-state index contributed by atoms with van der Waals surface area (Å²) in [5.41, 5.74) is 6.40. The molecule has 6 N–H and O–H groups in total. The summed E-state index contributed by atoms with van der Waals surface area (Å²) in [5, 5.41) is 15.3. The van der Waals surface area contributed by atoms with Crippen LogP contribution in [0.2, 0.25) is 0 Å². The highest BCUT2D eigenvalue weighted by molar-refractivity contribution is 7.80. The van der Waals surface area contributed by atoms with Crippen molar-refractivity contribution in [2.45, 2.75) is 26.4 Å². The molecule has 0 spiro atoms. The summed E-state index contributed by atoms with van der Waals surface area (Å²) >= 11 is 0. The first-order chi connectivity index (χ1) is 24.8. The Labute approximate surface area is 307 Å². The average molecular weight is 767 g/mol. The molecule has 280 valence electrons. The third-order valence-electron chi connectivity index (χ3n) is 8.08. The number of aromatic hydroxyl groups is 1. The third-order valence-corrected chi connectivity index (χ3v) is 8.08. The minimum absolute atomic E-state index is 0.00719. The number of cyclic esters (lactones) is 1. The van der Waals surface area contributed by atoms with Gasteiger partial charge in [0.2, 0.25) is 0 Å². The van der Waals surface area contributed by atoms with Crippen LogP contribution in [0.1, 0.15) is 45.1 Å². The van der Waals surface area contributed by atoms with Crippen LogP contribution in [0.15, 0.2) is 109 Å². The highest BCUT2D eigenvalue weighted by atomic mass is 32.3. The third kappa shape index (κ3) is 10.1. The summed E-state index contributed by atoms with van der Waals surface area (Å²) in [6.45, 7) is 6.82. The van der Waals surface area contributed by atoms with E-state index in [9.17, 15) is 9.90 Å². The van der Waals surface area contributed by atoms with E-state index in [0.29, 0.717) is 34.5 Å². The first-order valence-corrected chi connectivity index (χ1v) is 18.6. The first-order valence-electron chi connectivity index (χ1n) is 15.8. The number of carbonyl (C=O) groups excluding carboxylic acids is 1. The summed E-state index contributed by atoms with van der Waals surface area (Å²) < 4.78 is 75.4. The van der Waals surface area contributed by atoms with E-state index in [0.717, 1.165) is 28.3 Å². The monoisotopic (exact) mass is 766 g/mol. The van der Waals surface area contributed by atoms with Gasteiger partial charge in [-0.15, -0.1) is 0 Å². The molecule has 1 atom stereocenters. The van der Waals surface area contributed by atoms with E-state index < -0.39 is 32.4 Å². The molecule has 0 radical (unpaired) electrons. The summed E-state index contributed by atoms with van der Waals surface area (Å²) in [4.78, 5) is 15.6. The number of methoxy groups -OCH3 is 1. The number of rotatable bonds is 8. The molecule has 0 saturated heterocycles. The number of benzene rings is 5. The van der Waals surface area contributed by atoms with Crippen LogP contribution >= 0.6 is 0 Å². The molecule has 0 bridgehead atoms. The Bertz CT molecular complexity index is 2260. The average Bonchev–Trinajstić information content (AvgIpc) is 3.38. The molecule has 5 aromatic rings. The number of para-hydroxylation sites is 1. The first kappa shape index (κ1) is 40.3. The second-order valence-corrected chi connectivity index (χ2v) is 13.4. The van der Waals surface area contributed by atoms with Crippen molar-refractivity contribution in [3.05, 3.63) is 143 Å². The lowest BCUT2D eigenvalue weighted by Crippen LogP contribution is -2.30.